The lowest BCUT2D eigenvalue weighted by Gasteiger charge is -2.34. The van der Waals surface area contributed by atoms with Crippen molar-refractivity contribution >= 4 is 0 Å². The number of likely N-dealkylation sites (N-methyl/N-ethyl adjacent to an activating group) is 1. The van der Waals surface area contributed by atoms with Crippen LogP contribution in [0.2, 0.25) is 0 Å². The third kappa shape index (κ3) is 2.42. The normalized spacial score (nSPS) is 34.1. The first kappa shape index (κ1) is 8.94. The minimum Gasteiger partial charge on any atom is -0.326 e. The summed E-state index contributed by atoms with van der Waals surface area (Å²) < 4.78 is 12.0. The lowest BCUT2D eigenvalue weighted by atomic mass is 9.90. The Balaban J connectivity index is 2.31. The molecule has 1 rings (SSSR count). The lowest BCUT2D eigenvalue weighted by Crippen LogP contribution is -2.46. The van der Waals surface area contributed by atoms with Crippen LogP contribution in [0, 0.1) is 5.92 Å². The molecule has 0 radical (unpaired) electrons. The molecule has 0 bridgehead atoms. The SMILES string of the molecule is CN1CCC(CCF)C(N)C1. The maximum Gasteiger partial charge on any atom is 0.0897 e. The molecule has 0 amide bonds. The van der Waals surface area contributed by atoms with Crippen molar-refractivity contribution in [3.05, 3.63) is 0 Å². The Morgan fingerprint density at radius 3 is 2.91 bits per heavy atom. The maximum absolute atomic E-state index is 12.0. The summed E-state index contributed by atoms with van der Waals surface area (Å²) in [5.74, 6) is 0.413. The van der Waals surface area contributed by atoms with E-state index in [1.807, 2.05) is 0 Å². The standard InChI is InChI=1S/C8H17FN2/c1-11-5-3-7(2-4-9)8(10)6-11/h7-8H,2-6,10H2,1H3. The highest BCUT2D eigenvalue weighted by Gasteiger charge is 2.23. The largest absolute Gasteiger partial charge is 0.326 e. The Kier molecular flexibility index (Phi) is 3.27. The van der Waals surface area contributed by atoms with E-state index in [1.165, 1.54) is 0 Å². The van der Waals surface area contributed by atoms with Crippen molar-refractivity contribution in [3.63, 3.8) is 0 Å². The second-order valence-electron chi connectivity index (χ2n) is 3.45. The average molecular weight is 160 g/mol. The third-order valence-corrected chi connectivity index (χ3v) is 2.49. The molecule has 2 atom stereocenters. The van der Waals surface area contributed by atoms with Gasteiger partial charge in [-0.15, -0.1) is 0 Å². The fraction of sp³-hybridized carbons (Fsp3) is 1.00. The van der Waals surface area contributed by atoms with Crippen LogP contribution in [0.25, 0.3) is 0 Å². The molecule has 11 heavy (non-hydrogen) atoms. The molecule has 66 valence electrons. The van der Waals surface area contributed by atoms with E-state index in [9.17, 15) is 4.39 Å². The monoisotopic (exact) mass is 160 g/mol. The van der Waals surface area contributed by atoms with E-state index < -0.39 is 0 Å². The molecule has 1 aliphatic heterocycles. The van der Waals surface area contributed by atoms with Crippen LogP contribution in [0.5, 0.6) is 0 Å². The van der Waals surface area contributed by atoms with Crippen LogP contribution in [-0.2, 0) is 0 Å². The molecule has 1 fully saturated rings. The van der Waals surface area contributed by atoms with Crippen molar-refractivity contribution in [2.24, 2.45) is 11.7 Å². The number of hydrogen-bond acceptors (Lipinski definition) is 2. The quantitative estimate of drug-likeness (QED) is 0.642. The van der Waals surface area contributed by atoms with Crippen molar-refractivity contribution in [1.82, 2.24) is 4.90 Å². The lowest BCUT2D eigenvalue weighted by molar-refractivity contribution is 0.176. The minimum absolute atomic E-state index is 0.185. The molecule has 1 saturated heterocycles. The molecular weight excluding hydrogens is 143 g/mol. The van der Waals surface area contributed by atoms with Gasteiger partial charge in [-0.2, -0.15) is 0 Å². The summed E-state index contributed by atoms with van der Waals surface area (Å²) in [5.41, 5.74) is 5.85. The van der Waals surface area contributed by atoms with Gasteiger partial charge in [0.2, 0.25) is 0 Å². The summed E-state index contributed by atoms with van der Waals surface area (Å²) in [6.07, 6.45) is 1.70. The second kappa shape index (κ2) is 4.02. The Bertz CT molecular complexity index is 119. The molecule has 1 aliphatic rings. The molecule has 0 aromatic carbocycles. The molecule has 1 heterocycles. The van der Waals surface area contributed by atoms with Crippen molar-refractivity contribution in [2.45, 2.75) is 18.9 Å². The predicted molar refractivity (Wildman–Crippen MR) is 44.2 cm³/mol. The summed E-state index contributed by atoms with van der Waals surface area (Å²) in [5, 5.41) is 0. The van der Waals surface area contributed by atoms with Gasteiger partial charge in [0, 0.05) is 12.6 Å². The van der Waals surface area contributed by atoms with Crippen molar-refractivity contribution in [2.75, 3.05) is 26.8 Å². The second-order valence-corrected chi connectivity index (χ2v) is 3.45. The summed E-state index contributed by atoms with van der Waals surface area (Å²) in [7, 11) is 2.06. The van der Waals surface area contributed by atoms with Gasteiger partial charge in [-0.05, 0) is 32.4 Å². The van der Waals surface area contributed by atoms with Crippen LogP contribution < -0.4 is 5.73 Å². The van der Waals surface area contributed by atoms with E-state index in [1.54, 1.807) is 0 Å². The Morgan fingerprint density at radius 2 is 2.36 bits per heavy atom. The highest BCUT2D eigenvalue weighted by molar-refractivity contribution is 4.81. The van der Waals surface area contributed by atoms with Crippen LogP contribution in [0.1, 0.15) is 12.8 Å². The van der Waals surface area contributed by atoms with Gasteiger partial charge in [0.1, 0.15) is 0 Å². The average Bonchev–Trinajstić information content (AvgIpc) is 1.95. The topological polar surface area (TPSA) is 29.3 Å². The number of rotatable bonds is 2. The van der Waals surface area contributed by atoms with Gasteiger partial charge in [0.15, 0.2) is 0 Å². The summed E-state index contributed by atoms with van der Waals surface area (Å²) in [6.45, 7) is 1.77. The molecule has 0 aromatic rings. The van der Waals surface area contributed by atoms with E-state index in [0.29, 0.717) is 12.3 Å². The number of halogens is 1. The van der Waals surface area contributed by atoms with Gasteiger partial charge in [-0.1, -0.05) is 0 Å². The number of likely N-dealkylation sites (tertiary alicyclic amines) is 1. The third-order valence-electron chi connectivity index (χ3n) is 2.49. The Labute approximate surface area is 67.6 Å². The first-order valence-electron chi connectivity index (χ1n) is 4.24. The molecule has 0 aliphatic carbocycles. The van der Waals surface area contributed by atoms with Crippen LogP contribution in [-0.4, -0.2) is 37.8 Å². The van der Waals surface area contributed by atoms with Gasteiger partial charge < -0.3 is 10.6 Å². The highest BCUT2D eigenvalue weighted by Crippen LogP contribution is 2.18. The highest BCUT2D eigenvalue weighted by atomic mass is 19.1. The first-order valence-corrected chi connectivity index (χ1v) is 4.24. The van der Waals surface area contributed by atoms with Crippen LogP contribution >= 0.6 is 0 Å². The van der Waals surface area contributed by atoms with Crippen LogP contribution in [0.4, 0.5) is 4.39 Å². The zero-order valence-electron chi connectivity index (χ0n) is 7.09. The molecule has 3 heteroatoms. The minimum atomic E-state index is -0.220. The van der Waals surface area contributed by atoms with Crippen molar-refractivity contribution in [1.29, 1.82) is 0 Å². The molecule has 2 unspecified atom stereocenters. The number of alkyl halides is 1. The van der Waals surface area contributed by atoms with Gasteiger partial charge in [0.25, 0.3) is 0 Å². The predicted octanol–water partition coefficient (Wildman–Crippen LogP) is 0.625. The number of nitrogens with two attached hydrogens (primary N) is 1. The van der Waals surface area contributed by atoms with E-state index in [2.05, 4.69) is 11.9 Å². The molecular formula is C8H17FN2. The van der Waals surface area contributed by atoms with E-state index in [0.717, 1.165) is 19.5 Å². The van der Waals surface area contributed by atoms with Crippen LogP contribution in [0.3, 0.4) is 0 Å². The fourth-order valence-electron chi connectivity index (χ4n) is 1.70. The zero-order valence-corrected chi connectivity index (χ0v) is 7.09. The number of piperidine rings is 1. The van der Waals surface area contributed by atoms with Crippen molar-refractivity contribution in [3.8, 4) is 0 Å². The van der Waals surface area contributed by atoms with E-state index in [4.69, 9.17) is 5.73 Å². The Morgan fingerprint density at radius 1 is 1.64 bits per heavy atom. The fourth-order valence-corrected chi connectivity index (χ4v) is 1.70. The molecule has 0 spiro atoms. The van der Waals surface area contributed by atoms with Gasteiger partial charge in [0.05, 0.1) is 6.67 Å². The molecule has 0 saturated carbocycles. The molecule has 2 N–H and O–H groups in total. The number of nitrogens with zero attached hydrogens (tertiary/aromatic N) is 1. The zero-order chi connectivity index (χ0) is 8.27. The molecule has 2 nitrogen and oxygen atoms in total. The van der Waals surface area contributed by atoms with E-state index in [-0.39, 0.29) is 12.7 Å². The smallest absolute Gasteiger partial charge is 0.0897 e. The van der Waals surface area contributed by atoms with Gasteiger partial charge >= 0.3 is 0 Å². The van der Waals surface area contributed by atoms with Crippen molar-refractivity contribution < 1.29 is 4.39 Å². The van der Waals surface area contributed by atoms with Gasteiger partial charge in [-0.3, -0.25) is 4.39 Å². The summed E-state index contributed by atoms with van der Waals surface area (Å²) in [6, 6.07) is 0.185. The van der Waals surface area contributed by atoms with Crippen LogP contribution in [0.15, 0.2) is 0 Å². The summed E-state index contributed by atoms with van der Waals surface area (Å²) >= 11 is 0. The molecule has 0 aromatic heterocycles. The van der Waals surface area contributed by atoms with Gasteiger partial charge in [-0.25, -0.2) is 0 Å². The summed E-state index contributed by atoms with van der Waals surface area (Å²) in [4.78, 5) is 2.21. The maximum atomic E-state index is 12.0. The Hall–Kier alpha value is -0.150. The number of hydrogen-bond donors (Lipinski definition) is 1. The van der Waals surface area contributed by atoms with E-state index >= 15 is 0 Å². The first-order chi connectivity index (χ1) is 5.24.